The molecule has 0 N–H and O–H groups in total. The van der Waals surface area contributed by atoms with Gasteiger partial charge in [-0.15, -0.1) is 0 Å². The predicted octanol–water partition coefficient (Wildman–Crippen LogP) is 2.12. The van der Waals surface area contributed by atoms with E-state index in [1.807, 2.05) is 0 Å². The van der Waals surface area contributed by atoms with E-state index in [4.69, 9.17) is 0 Å². The van der Waals surface area contributed by atoms with Gasteiger partial charge in [0.2, 0.25) is 0 Å². The van der Waals surface area contributed by atoms with Crippen molar-refractivity contribution < 1.29 is 4.79 Å². The summed E-state index contributed by atoms with van der Waals surface area (Å²) in [6.45, 7) is 0. The minimum Gasteiger partial charge on any atom is -0.299 e. The quantitative estimate of drug-likeness (QED) is 0.615. The molecule has 2 fully saturated rings. The van der Waals surface area contributed by atoms with Gasteiger partial charge in [-0.3, -0.25) is 4.79 Å². The first-order chi connectivity index (χ1) is 4.70. The third-order valence-electron chi connectivity index (χ3n) is 2.60. The van der Waals surface area contributed by atoms with Crippen molar-refractivity contribution in [2.45, 2.75) is 22.5 Å². The fourth-order valence-electron chi connectivity index (χ4n) is 1.89. The highest BCUT2D eigenvalue weighted by atomic mass is 79.9. The first kappa shape index (κ1) is 7.29. The van der Waals surface area contributed by atoms with E-state index in [9.17, 15) is 4.79 Å². The lowest BCUT2D eigenvalue weighted by molar-refractivity contribution is -0.132. The Labute approximate surface area is 76.8 Å². The second-order valence-corrected chi connectivity index (χ2v) is 5.37. The van der Waals surface area contributed by atoms with E-state index in [2.05, 4.69) is 31.9 Å². The van der Waals surface area contributed by atoms with Crippen LogP contribution in [-0.4, -0.2) is 15.4 Å². The van der Waals surface area contributed by atoms with Gasteiger partial charge in [-0.05, 0) is 12.3 Å². The summed E-state index contributed by atoms with van der Waals surface area (Å²) in [6, 6.07) is 0. The number of fused-ring (bicyclic) bond motifs is 1. The summed E-state index contributed by atoms with van der Waals surface area (Å²) in [5, 5.41) is 0. The number of ketones is 1. The molecule has 0 aliphatic heterocycles. The molecule has 0 bridgehead atoms. The summed E-state index contributed by atoms with van der Waals surface area (Å²) in [5.74, 6) is 1.49. The van der Waals surface area contributed by atoms with E-state index in [1.165, 1.54) is 0 Å². The zero-order chi connectivity index (χ0) is 7.30. The fraction of sp³-hybridized carbons (Fsp3) is 0.857. The van der Waals surface area contributed by atoms with Gasteiger partial charge in [-0.25, -0.2) is 0 Å². The molecule has 0 spiro atoms. The van der Waals surface area contributed by atoms with Gasteiger partial charge in [-0.2, -0.15) is 0 Å². The Bertz CT molecular complexity index is 180. The normalized spacial score (nSPS) is 52.4. The molecular weight excluding hydrogens is 260 g/mol. The van der Waals surface area contributed by atoms with E-state index in [-0.39, 0.29) is 0 Å². The fourth-order valence-corrected chi connectivity index (χ4v) is 3.45. The van der Waals surface area contributed by atoms with Crippen LogP contribution in [0.2, 0.25) is 0 Å². The monoisotopic (exact) mass is 266 g/mol. The number of alkyl halides is 2. The van der Waals surface area contributed by atoms with Crippen LogP contribution in [0.25, 0.3) is 0 Å². The topological polar surface area (TPSA) is 17.1 Å². The summed E-state index contributed by atoms with van der Waals surface area (Å²) >= 11 is 7.14. The Kier molecular flexibility index (Phi) is 1.68. The van der Waals surface area contributed by atoms with Gasteiger partial charge >= 0.3 is 0 Å². The van der Waals surface area contributed by atoms with E-state index >= 15 is 0 Å². The Morgan fingerprint density at radius 1 is 1.40 bits per heavy atom. The molecule has 2 rings (SSSR count). The molecule has 4 atom stereocenters. The third kappa shape index (κ3) is 0.828. The Morgan fingerprint density at radius 2 is 2.10 bits per heavy atom. The summed E-state index contributed by atoms with van der Waals surface area (Å²) in [4.78, 5) is 12.0. The van der Waals surface area contributed by atoms with Crippen LogP contribution < -0.4 is 0 Å². The van der Waals surface area contributed by atoms with Crippen LogP contribution in [0.4, 0.5) is 0 Å². The molecule has 2 aliphatic rings. The summed E-state index contributed by atoms with van der Waals surface area (Å²) < 4.78 is 0. The van der Waals surface area contributed by atoms with Crippen LogP contribution in [0, 0.1) is 11.8 Å². The molecule has 10 heavy (non-hydrogen) atoms. The van der Waals surface area contributed by atoms with Crippen molar-refractivity contribution in [1.29, 1.82) is 0 Å². The van der Waals surface area contributed by atoms with E-state index < -0.39 is 0 Å². The van der Waals surface area contributed by atoms with Crippen molar-refractivity contribution in [1.82, 2.24) is 0 Å². The van der Waals surface area contributed by atoms with Crippen molar-refractivity contribution in [3.8, 4) is 0 Å². The Balaban J connectivity index is 2.13. The van der Waals surface area contributed by atoms with Gasteiger partial charge in [0, 0.05) is 22.0 Å². The van der Waals surface area contributed by atoms with Crippen LogP contribution in [0.1, 0.15) is 12.8 Å². The zero-order valence-electron chi connectivity index (χ0n) is 5.39. The first-order valence-corrected chi connectivity index (χ1v) is 5.34. The zero-order valence-corrected chi connectivity index (χ0v) is 8.56. The molecule has 2 aliphatic carbocycles. The number of halogens is 2. The van der Waals surface area contributed by atoms with Crippen molar-refractivity contribution in [2.24, 2.45) is 11.8 Å². The smallest absolute Gasteiger partial charge is 0.136 e. The van der Waals surface area contributed by atoms with Crippen molar-refractivity contribution in [3.05, 3.63) is 0 Å². The Hall–Kier alpha value is 0.630. The molecule has 2 saturated carbocycles. The lowest BCUT2D eigenvalue weighted by atomic mass is 9.75. The molecule has 0 amide bonds. The molecule has 0 aromatic carbocycles. The molecule has 56 valence electrons. The standard InChI is InChI=1S/C7H8Br2O/c8-5-1-3-4(7(5)9)2-6(3)10/h3-5,7H,1-2H2/t3?,4-,5?,7?/m0/s1. The van der Waals surface area contributed by atoms with E-state index in [0.717, 1.165) is 12.8 Å². The third-order valence-corrected chi connectivity index (χ3v) is 5.57. The average molecular weight is 268 g/mol. The van der Waals surface area contributed by atoms with Crippen LogP contribution >= 0.6 is 31.9 Å². The van der Waals surface area contributed by atoms with Crippen molar-refractivity contribution in [3.63, 3.8) is 0 Å². The number of rotatable bonds is 0. The van der Waals surface area contributed by atoms with Crippen LogP contribution in [0.3, 0.4) is 0 Å². The Morgan fingerprint density at radius 3 is 2.50 bits per heavy atom. The molecular formula is C7H8Br2O. The average Bonchev–Trinajstić information content (AvgIpc) is 2.12. The van der Waals surface area contributed by atoms with Crippen LogP contribution in [-0.2, 0) is 4.79 Å². The number of hydrogen-bond donors (Lipinski definition) is 0. The maximum Gasteiger partial charge on any atom is 0.136 e. The van der Waals surface area contributed by atoms with Gasteiger partial charge < -0.3 is 0 Å². The second-order valence-electron chi connectivity index (χ2n) is 3.14. The minimum atomic E-state index is 0.383. The van der Waals surface area contributed by atoms with E-state index in [1.54, 1.807) is 0 Å². The largest absolute Gasteiger partial charge is 0.299 e. The highest BCUT2D eigenvalue weighted by Gasteiger charge is 2.51. The predicted molar refractivity (Wildman–Crippen MR) is 46.7 cm³/mol. The highest BCUT2D eigenvalue weighted by molar-refractivity contribution is 9.12. The van der Waals surface area contributed by atoms with Crippen molar-refractivity contribution >= 4 is 37.6 Å². The lowest BCUT2D eigenvalue weighted by Gasteiger charge is -2.29. The van der Waals surface area contributed by atoms with Gasteiger partial charge in [0.1, 0.15) is 5.78 Å². The lowest BCUT2D eigenvalue weighted by Crippen LogP contribution is -2.36. The number of carbonyl (C=O) groups excluding carboxylic acids is 1. The number of Topliss-reactive ketones (excluding diaryl/α,β-unsaturated/α-hetero) is 1. The van der Waals surface area contributed by atoms with Gasteiger partial charge in [0.15, 0.2) is 0 Å². The van der Waals surface area contributed by atoms with Gasteiger partial charge in [0.25, 0.3) is 0 Å². The minimum absolute atomic E-state index is 0.383. The molecule has 0 saturated heterocycles. The van der Waals surface area contributed by atoms with E-state index in [0.29, 0.717) is 27.3 Å². The summed E-state index contributed by atoms with van der Waals surface area (Å²) in [5.41, 5.74) is 0. The van der Waals surface area contributed by atoms with Crippen LogP contribution in [0.5, 0.6) is 0 Å². The van der Waals surface area contributed by atoms with Crippen LogP contribution in [0.15, 0.2) is 0 Å². The van der Waals surface area contributed by atoms with Gasteiger partial charge in [-0.1, -0.05) is 31.9 Å². The van der Waals surface area contributed by atoms with Crippen molar-refractivity contribution in [2.75, 3.05) is 0 Å². The summed E-state index contributed by atoms with van der Waals surface area (Å²) in [6.07, 6.45) is 1.85. The maximum absolute atomic E-state index is 11.0. The molecule has 0 aromatic heterocycles. The number of hydrogen-bond acceptors (Lipinski definition) is 1. The molecule has 3 unspecified atom stereocenters. The van der Waals surface area contributed by atoms with Gasteiger partial charge in [0.05, 0.1) is 0 Å². The maximum atomic E-state index is 11.0. The second kappa shape index (κ2) is 2.31. The molecule has 1 nitrogen and oxygen atoms in total. The molecule has 0 aromatic rings. The molecule has 3 heteroatoms. The SMILES string of the molecule is O=C1C[C@H]2C1CC(Br)C2Br. The number of carbonyl (C=O) groups is 1. The summed E-state index contributed by atoms with van der Waals surface area (Å²) in [7, 11) is 0. The first-order valence-electron chi connectivity index (χ1n) is 3.51. The molecule has 0 heterocycles. The highest BCUT2D eigenvalue weighted by Crippen LogP contribution is 2.49. The molecule has 0 radical (unpaired) electrons.